The molecule has 0 radical (unpaired) electrons. The number of nitrogens with zero attached hydrogens (tertiary/aromatic N) is 4. The van der Waals surface area contributed by atoms with Crippen molar-refractivity contribution in [2.45, 2.75) is 6.92 Å². The number of thiazole rings is 1. The zero-order valence-electron chi connectivity index (χ0n) is 28.9. The molecule has 7 aromatic carbocycles. The molecule has 10 rings (SSSR count). The fourth-order valence-corrected chi connectivity index (χ4v) is 8.35. The molecule has 10 aromatic rings. The molecule has 0 aliphatic rings. The Morgan fingerprint density at radius 2 is 0.981 bits per heavy atom. The van der Waals surface area contributed by atoms with E-state index >= 15 is 0 Å². The molecule has 3 heterocycles. The largest absolute Gasteiger partial charge is 0.309 e. The topological polar surface area (TPSA) is 43.6 Å². The van der Waals surface area contributed by atoms with E-state index in [1.54, 1.807) is 11.3 Å². The van der Waals surface area contributed by atoms with Gasteiger partial charge in [0.05, 0.1) is 32.6 Å². The molecule has 250 valence electrons. The lowest BCUT2D eigenvalue weighted by Gasteiger charge is -2.14. The average Bonchev–Trinajstić information content (AvgIpc) is 3.81. The highest BCUT2D eigenvalue weighted by atomic mass is 32.1. The van der Waals surface area contributed by atoms with Crippen LogP contribution in [-0.2, 0) is 0 Å². The first kappa shape index (κ1) is 31.1. The second-order valence-electron chi connectivity index (χ2n) is 13.3. The minimum atomic E-state index is 0.724. The summed E-state index contributed by atoms with van der Waals surface area (Å²) in [4.78, 5) is 15.1. The molecule has 0 saturated carbocycles. The van der Waals surface area contributed by atoms with Crippen LogP contribution in [0, 0.1) is 6.92 Å². The number of fused-ring (bicyclic) bond motifs is 4. The van der Waals surface area contributed by atoms with Crippen molar-refractivity contribution < 1.29 is 0 Å². The second-order valence-corrected chi connectivity index (χ2v) is 14.3. The van der Waals surface area contributed by atoms with E-state index in [-0.39, 0.29) is 0 Å². The molecule has 0 fully saturated rings. The van der Waals surface area contributed by atoms with Crippen LogP contribution in [0.4, 0.5) is 0 Å². The molecule has 0 N–H and O–H groups in total. The Morgan fingerprint density at radius 3 is 1.70 bits per heavy atom. The Bertz CT molecular complexity index is 2890. The van der Waals surface area contributed by atoms with Crippen LogP contribution in [0.15, 0.2) is 176 Å². The number of aromatic nitrogens is 4. The predicted molar refractivity (Wildman–Crippen MR) is 221 cm³/mol. The Kier molecular flexibility index (Phi) is 7.52. The molecule has 0 aliphatic heterocycles. The Balaban J connectivity index is 1.02. The van der Waals surface area contributed by atoms with Gasteiger partial charge in [-0.3, -0.25) is 0 Å². The summed E-state index contributed by atoms with van der Waals surface area (Å²) in [6.07, 6.45) is 0. The smallest absolute Gasteiger partial charge is 0.160 e. The van der Waals surface area contributed by atoms with Crippen LogP contribution < -0.4 is 0 Å². The van der Waals surface area contributed by atoms with E-state index in [1.807, 2.05) is 30.3 Å². The van der Waals surface area contributed by atoms with Crippen LogP contribution in [-0.4, -0.2) is 19.5 Å². The Morgan fingerprint density at radius 1 is 0.434 bits per heavy atom. The van der Waals surface area contributed by atoms with E-state index in [4.69, 9.17) is 15.0 Å². The fourth-order valence-electron chi connectivity index (χ4n) is 7.39. The van der Waals surface area contributed by atoms with Gasteiger partial charge in [0.1, 0.15) is 5.01 Å². The van der Waals surface area contributed by atoms with Gasteiger partial charge in [-0.05, 0) is 54.4 Å². The van der Waals surface area contributed by atoms with Crippen molar-refractivity contribution in [3.05, 3.63) is 181 Å². The van der Waals surface area contributed by atoms with Crippen molar-refractivity contribution in [1.82, 2.24) is 19.5 Å². The van der Waals surface area contributed by atoms with Crippen LogP contribution in [0.5, 0.6) is 0 Å². The van der Waals surface area contributed by atoms with Crippen LogP contribution in [0.2, 0.25) is 0 Å². The monoisotopic (exact) mass is 696 g/mol. The van der Waals surface area contributed by atoms with E-state index in [2.05, 4.69) is 157 Å². The SMILES string of the molecule is Cc1c(-c2ccccc2)nc(-c2ccccc2)nc1-c1ccc(-c2ccc(-n3c4ccccc4c4ccc(-c5nc6ccccc6s5)cc43)cc2)cc1. The zero-order chi connectivity index (χ0) is 35.3. The number of hydrogen-bond donors (Lipinski definition) is 0. The molecule has 0 spiro atoms. The van der Waals surface area contributed by atoms with Crippen LogP contribution in [0.3, 0.4) is 0 Å². The number of benzene rings is 7. The van der Waals surface area contributed by atoms with E-state index in [1.165, 1.54) is 26.5 Å². The van der Waals surface area contributed by atoms with Gasteiger partial charge in [0.25, 0.3) is 0 Å². The summed E-state index contributed by atoms with van der Waals surface area (Å²) < 4.78 is 3.58. The predicted octanol–water partition coefficient (Wildman–Crippen LogP) is 12.8. The summed E-state index contributed by atoms with van der Waals surface area (Å²) in [7, 11) is 0. The second kappa shape index (κ2) is 12.8. The summed E-state index contributed by atoms with van der Waals surface area (Å²) >= 11 is 1.74. The van der Waals surface area contributed by atoms with Crippen molar-refractivity contribution in [3.8, 4) is 61.3 Å². The van der Waals surface area contributed by atoms with E-state index in [0.29, 0.717) is 0 Å². The maximum atomic E-state index is 5.11. The maximum absolute atomic E-state index is 5.11. The van der Waals surface area contributed by atoms with Gasteiger partial charge in [-0.2, -0.15) is 0 Å². The quantitative estimate of drug-likeness (QED) is 0.174. The van der Waals surface area contributed by atoms with E-state index in [9.17, 15) is 0 Å². The summed E-state index contributed by atoms with van der Waals surface area (Å²) in [5.74, 6) is 0.724. The molecule has 4 nitrogen and oxygen atoms in total. The first-order valence-electron chi connectivity index (χ1n) is 17.8. The van der Waals surface area contributed by atoms with Gasteiger partial charge < -0.3 is 4.57 Å². The first-order chi connectivity index (χ1) is 26.2. The third kappa shape index (κ3) is 5.50. The fraction of sp³-hybridized carbons (Fsp3) is 0.0208. The molecule has 53 heavy (non-hydrogen) atoms. The zero-order valence-corrected chi connectivity index (χ0v) is 29.8. The summed E-state index contributed by atoms with van der Waals surface area (Å²) in [6.45, 7) is 2.12. The minimum absolute atomic E-state index is 0.724. The van der Waals surface area contributed by atoms with E-state index < -0.39 is 0 Å². The van der Waals surface area contributed by atoms with Gasteiger partial charge in [-0.1, -0.05) is 140 Å². The molecule has 0 amide bonds. The highest BCUT2D eigenvalue weighted by Gasteiger charge is 2.17. The normalized spacial score (nSPS) is 11.5. The van der Waals surface area contributed by atoms with Crippen molar-refractivity contribution in [3.63, 3.8) is 0 Å². The lowest BCUT2D eigenvalue weighted by molar-refractivity contribution is 1.15. The van der Waals surface area contributed by atoms with Gasteiger partial charge in [0.15, 0.2) is 5.82 Å². The lowest BCUT2D eigenvalue weighted by atomic mass is 9.98. The molecular weight excluding hydrogens is 665 g/mol. The molecule has 0 atom stereocenters. The molecule has 5 heteroatoms. The molecule has 0 bridgehead atoms. The number of hydrogen-bond acceptors (Lipinski definition) is 4. The maximum Gasteiger partial charge on any atom is 0.160 e. The number of para-hydroxylation sites is 2. The van der Waals surface area contributed by atoms with E-state index in [0.717, 1.165) is 72.4 Å². The van der Waals surface area contributed by atoms with Crippen molar-refractivity contribution >= 4 is 43.4 Å². The summed E-state index contributed by atoms with van der Waals surface area (Å²) in [6, 6.07) is 62.0. The van der Waals surface area contributed by atoms with Gasteiger partial charge >= 0.3 is 0 Å². The first-order valence-corrected chi connectivity index (χ1v) is 18.6. The van der Waals surface area contributed by atoms with Gasteiger partial charge in [0, 0.05) is 44.3 Å². The molecule has 0 unspecified atom stereocenters. The van der Waals surface area contributed by atoms with Gasteiger partial charge in [-0.25, -0.2) is 15.0 Å². The Labute approximate surface area is 311 Å². The molecule has 0 aliphatic carbocycles. The van der Waals surface area contributed by atoms with Crippen LogP contribution in [0.25, 0.3) is 93.3 Å². The van der Waals surface area contributed by atoms with Gasteiger partial charge in [0.2, 0.25) is 0 Å². The Hall–Kier alpha value is -6.69. The van der Waals surface area contributed by atoms with Crippen LogP contribution >= 0.6 is 11.3 Å². The highest BCUT2D eigenvalue weighted by Crippen LogP contribution is 2.38. The average molecular weight is 697 g/mol. The highest BCUT2D eigenvalue weighted by molar-refractivity contribution is 7.21. The minimum Gasteiger partial charge on any atom is -0.309 e. The molecule has 0 saturated heterocycles. The van der Waals surface area contributed by atoms with Crippen molar-refractivity contribution in [1.29, 1.82) is 0 Å². The van der Waals surface area contributed by atoms with Crippen molar-refractivity contribution in [2.24, 2.45) is 0 Å². The third-order valence-electron chi connectivity index (χ3n) is 10.1. The standard InChI is InChI=1S/C48H32N4S/c1-31-45(34-12-4-2-5-13-34)50-47(36-14-6-3-7-15-36)51-46(31)35-22-20-32(21-23-35)33-24-27-38(28-25-33)52-42-18-10-8-16-39(42)40-29-26-37(30-43(40)52)48-49-41-17-9-11-19-44(41)53-48/h2-30H,1H3. The molecular formula is C48H32N4S. The van der Waals surface area contributed by atoms with Crippen LogP contribution in [0.1, 0.15) is 5.56 Å². The number of rotatable bonds is 6. The van der Waals surface area contributed by atoms with Gasteiger partial charge in [-0.15, -0.1) is 11.3 Å². The summed E-state index contributed by atoms with van der Waals surface area (Å²) in [5.41, 5.74) is 14.1. The molecule has 3 aromatic heterocycles. The lowest BCUT2D eigenvalue weighted by Crippen LogP contribution is -2.00. The van der Waals surface area contributed by atoms with Crippen molar-refractivity contribution in [2.75, 3.05) is 0 Å². The third-order valence-corrected chi connectivity index (χ3v) is 11.1. The summed E-state index contributed by atoms with van der Waals surface area (Å²) in [5, 5.41) is 3.51.